The van der Waals surface area contributed by atoms with Gasteiger partial charge >= 0.3 is 0 Å². The molecule has 0 bridgehead atoms. The summed E-state index contributed by atoms with van der Waals surface area (Å²) in [6.45, 7) is 1.94. The monoisotopic (exact) mass is 408 g/mol. The van der Waals surface area contributed by atoms with Crippen molar-refractivity contribution in [3.63, 3.8) is 0 Å². The lowest BCUT2D eigenvalue weighted by Gasteiger charge is -2.02. The molecule has 9 heteroatoms. The number of aromatic nitrogens is 8. The molecule has 0 saturated carbocycles. The van der Waals surface area contributed by atoms with E-state index in [2.05, 4.69) is 30.1 Å². The van der Waals surface area contributed by atoms with E-state index in [0.717, 1.165) is 38.9 Å². The molecule has 0 atom stereocenters. The standard InChI is InChI=1S/C22H16N8O/c1-12-10-30(11-25-12)18-4-5-24-21-20(18)26-22(27-21)19-16-7-13(2-3-17(16)28-29-19)14-6-15(31)9-23-8-14/h2-11,31H,1H3,(H,28,29)(H,24,26,27). The fourth-order valence-electron chi connectivity index (χ4n) is 3.73. The van der Waals surface area contributed by atoms with Crippen molar-refractivity contribution in [2.24, 2.45) is 0 Å². The Morgan fingerprint density at radius 2 is 1.97 bits per heavy atom. The molecule has 9 nitrogen and oxygen atoms in total. The van der Waals surface area contributed by atoms with Gasteiger partial charge in [-0.2, -0.15) is 5.10 Å². The number of fused-ring (bicyclic) bond motifs is 2. The van der Waals surface area contributed by atoms with E-state index < -0.39 is 0 Å². The van der Waals surface area contributed by atoms with Crippen LogP contribution >= 0.6 is 0 Å². The van der Waals surface area contributed by atoms with E-state index >= 15 is 0 Å². The third-order valence-electron chi connectivity index (χ3n) is 5.20. The van der Waals surface area contributed by atoms with Crippen molar-refractivity contribution >= 4 is 22.1 Å². The Balaban J connectivity index is 1.51. The van der Waals surface area contributed by atoms with Gasteiger partial charge in [0.1, 0.15) is 17.0 Å². The molecule has 0 spiro atoms. The van der Waals surface area contributed by atoms with Gasteiger partial charge in [-0.3, -0.25) is 10.1 Å². The third-order valence-corrected chi connectivity index (χ3v) is 5.20. The highest BCUT2D eigenvalue weighted by Crippen LogP contribution is 2.31. The average Bonchev–Trinajstić information content (AvgIpc) is 3.50. The van der Waals surface area contributed by atoms with Gasteiger partial charge in [-0.25, -0.2) is 15.0 Å². The van der Waals surface area contributed by atoms with Crippen LogP contribution in [0.1, 0.15) is 5.69 Å². The minimum atomic E-state index is 0.121. The Labute approximate surface area is 175 Å². The van der Waals surface area contributed by atoms with Crippen LogP contribution in [-0.4, -0.2) is 44.8 Å². The quantitative estimate of drug-likeness (QED) is 0.410. The van der Waals surface area contributed by atoms with Crippen LogP contribution in [0.25, 0.3) is 50.4 Å². The zero-order valence-corrected chi connectivity index (χ0v) is 16.4. The Morgan fingerprint density at radius 3 is 2.81 bits per heavy atom. The van der Waals surface area contributed by atoms with Crippen molar-refractivity contribution in [1.29, 1.82) is 0 Å². The van der Waals surface area contributed by atoms with Crippen LogP contribution in [0, 0.1) is 6.92 Å². The van der Waals surface area contributed by atoms with Gasteiger partial charge in [0.15, 0.2) is 11.5 Å². The van der Waals surface area contributed by atoms with Crippen molar-refractivity contribution in [3.05, 3.63) is 67.1 Å². The predicted molar refractivity (Wildman–Crippen MR) is 116 cm³/mol. The number of aromatic amines is 2. The van der Waals surface area contributed by atoms with E-state index in [1.165, 1.54) is 6.20 Å². The lowest BCUT2D eigenvalue weighted by Crippen LogP contribution is -1.92. The first kappa shape index (κ1) is 17.3. The van der Waals surface area contributed by atoms with Gasteiger partial charge in [-0.05, 0) is 36.8 Å². The molecular weight excluding hydrogens is 392 g/mol. The van der Waals surface area contributed by atoms with E-state index in [1.807, 2.05) is 42.0 Å². The van der Waals surface area contributed by atoms with Crippen molar-refractivity contribution < 1.29 is 5.11 Å². The summed E-state index contributed by atoms with van der Waals surface area (Å²) in [6, 6.07) is 9.50. The molecule has 3 N–H and O–H groups in total. The number of nitrogens with one attached hydrogen (secondary N) is 2. The molecule has 6 rings (SSSR count). The molecule has 0 unspecified atom stereocenters. The Bertz CT molecular complexity index is 1580. The molecule has 5 aromatic heterocycles. The second kappa shape index (κ2) is 6.49. The zero-order valence-electron chi connectivity index (χ0n) is 16.4. The first-order valence-corrected chi connectivity index (χ1v) is 9.64. The minimum Gasteiger partial charge on any atom is -0.506 e. The molecule has 5 heterocycles. The number of hydrogen-bond acceptors (Lipinski definition) is 6. The summed E-state index contributed by atoms with van der Waals surface area (Å²) in [5.41, 5.74) is 6.53. The van der Waals surface area contributed by atoms with Gasteiger partial charge in [0.05, 0.1) is 29.4 Å². The molecular formula is C22H16N8O. The highest BCUT2D eigenvalue weighted by molar-refractivity contribution is 5.96. The van der Waals surface area contributed by atoms with Crippen molar-refractivity contribution in [2.45, 2.75) is 6.92 Å². The molecule has 1 aromatic carbocycles. The number of imidazole rings is 2. The lowest BCUT2D eigenvalue weighted by molar-refractivity contribution is 0.473. The predicted octanol–water partition coefficient (Wildman–Crippen LogP) is 3.76. The number of hydrogen-bond donors (Lipinski definition) is 3. The molecule has 0 aliphatic heterocycles. The Hall–Kier alpha value is -4.53. The number of pyridine rings is 2. The summed E-state index contributed by atoms with van der Waals surface area (Å²) in [4.78, 5) is 20.9. The lowest BCUT2D eigenvalue weighted by atomic mass is 10.0. The first-order valence-electron chi connectivity index (χ1n) is 9.64. The summed E-state index contributed by atoms with van der Waals surface area (Å²) < 4.78 is 1.93. The average molecular weight is 408 g/mol. The van der Waals surface area contributed by atoms with E-state index in [0.29, 0.717) is 17.2 Å². The zero-order chi connectivity index (χ0) is 20.9. The molecule has 31 heavy (non-hydrogen) atoms. The van der Waals surface area contributed by atoms with Gasteiger partial charge < -0.3 is 14.7 Å². The SMILES string of the molecule is Cc1cn(-c2ccnc3[nH]c(-c4n[nH]c5ccc(-c6cncc(O)c6)cc45)nc23)cn1. The van der Waals surface area contributed by atoms with Crippen LogP contribution in [0.4, 0.5) is 0 Å². The van der Waals surface area contributed by atoms with Gasteiger partial charge in [-0.15, -0.1) is 0 Å². The number of benzene rings is 1. The number of H-pyrrole nitrogens is 2. The maximum atomic E-state index is 9.77. The topological polar surface area (TPSA) is 121 Å². The van der Waals surface area contributed by atoms with Crippen molar-refractivity contribution in [1.82, 2.24) is 39.7 Å². The largest absolute Gasteiger partial charge is 0.506 e. The molecule has 6 aromatic rings. The van der Waals surface area contributed by atoms with Crippen molar-refractivity contribution in [3.8, 4) is 34.1 Å². The molecule has 0 aliphatic rings. The summed E-state index contributed by atoms with van der Waals surface area (Å²) in [5.74, 6) is 0.736. The highest BCUT2D eigenvalue weighted by Gasteiger charge is 2.16. The van der Waals surface area contributed by atoms with Crippen LogP contribution in [0.5, 0.6) is 5.75 Å². The minimum absolute atomic E-state index is 0.121. The fraction of sp³-hybridized carbons (Fsp3) is 0.0455. The number of aromatic hydroxyl groups is 1. The molecule has 0 fully saturated rings. The van der Waals surface area contributed by atoms with Crippen LogP contribution in [-0.2, 0) is 0 Å². The fourth-order valence-corrected chi connectivity index (χ4v) is 3.73. The molecule has 0 amide bonds. The normalized spacial score (nSPS) is 11.5. The second-order valence-electron chi connectivity index (χ2n) is 7.30. The highest BCUT2D eigenvalue weighted by atomic mass is 16.3. The molecule has 0 saturated heterocycles. The molecule has 0 radical (unpaired) electrons. The van der Waals surface area contributed by atoms with Crippen LogP contribution in [0.3, 0.4) is 0 Å². The van der Waals surface area contributed by atoms with E-state index in [-0.39, 0.29) is 5.75 Å². The van der Waals surface area contributed by atoms with Crippen LogP contribution < -0.4 is 0 Å². The van der Waals surface area contributed by atoms with E-state index in [9.17, 15) is 5.11 Å². The van der Waals surface area contributed by atoms with Crippen molar-refractivity contribution in [2.75, 3.05) is 0 Å². The Kier molecular flexibility index (Phi) is 3.63. The Morgan fingerprint density at radius 1 is 1.03 bits per heavy atom. The summed E-state index contributed by atoms with van der Waals surface area (Å²) in [7, 11) is 0. The van der Waals surface area contributed by atoms with Gasteiger partial charge in [0.25, 0.3) is 0 Å². The van der Waals surface area contributed by atoms with Crippen LogP contribution in [0.2, 0.25) is 0 Å². The number of nitrogens with zero attached hydrogens (tertiary/aromatic N) is 6. The first-order chi connectivity index (χ1) is 15.2. The number of aryl methyl sites for hydroxylation is 1. The smallest absolute Gasteiger partial charge is 0.161 e. The van der Waals surface area contributed by atoms with Gasteiger partial charge in [-0.1, -0.05) is 6.07 Å². The molecule has 150 valence electrons. The second-order valence-corrected chi connectivity index (χ2v) is 7.30. The summed E-state index contributed by atoms with van der Waals surface area (Å²) >= 11 is 0. The summed E-state index contributed by atoms with van der Waals surface area (Å²) in [6.07, 6.45) is 8.57. The van der Waals surface area contributed by atoms with Crippen LogP contribution in [0.15, 0.2) is 61.4 Å². The maximum Gasteiger partial charge on any atom is 0.161 e. The maximum absolute atomic E-state index is 9.77. The third kappa shape index (κ3) is 2.83. The van der Waals surface area contributed by atoms with E-state index in [1.54, 1.807) is 24.8 Å². The molecule has 0 aliphatic carbocycles. The summed E-state index contributed by atoms with van der Waals surface area (Å²) in [5, 5.41) is 18.2. The number of rotatable bonds is 3. The van der Waals surface area contributed by atoms with Gasteiger partial charge in [0.2, 0.25) is 0 Å². The van der Waals surface area contributed by atoms with Gasteiger partial charge in [0, 0.05) is 29.5 Å². The van der Waals surface area contributed by atoms with E-state index in [4.69, 9.17) is 4.98 Å².